The van der Waals surface area contributed by atoms with Gasteiger partial charge in [0.25, 0.3) is 11.8 Å². The van der Waals surface area contributed by atoms with Crippen LogP contribution >= 0.6 is 15.9 Å². The Hall–Kier alpha value is -3.12. The number of ether oxygens (including phenoxy) is 1. The molecule has 0 spiro atoms. The summed E-state index contributed by atoms with van der Waals surface area (Å²) in [6.07, 6.45) is 0. The third-order valence-electron chi connectivity index (χ3n) is 4.54. The molecule has 0 aliphatic rings. The molecule has 2 N–H and O–H groups in total. The SMILES string of the molecule is Cc1ccc(OCC(=O)Nc2ccccc2C(=O)NC(C)c2ccccc2)c(Br)c1. The minimum absolute atomic E-state index is 0.162. The van der Waals surface area contributed by atoms with Crippen molar-refractivity contribution in [2.24, 2.45) is 0 Å². The molecule has 154 valence electrons. The summed E-state index contributed by atoms with van der Waals surface area (Å²) in [5.74, 6) is -0.0262. The first kappa shape index (κ1) is 21.6. The second-order valence-corrected chi connectivity index (χ2v) is 7.78. The van der Waals surface area contributed by atoms with E-state index in [9.17, 15) is 9.59 Å². The highest BCUT2D eigenvalue weighted by molar-refractivity contribution is 9.10. The van der Waals surface area contributed by atoms with Gasteiger partial charge in [0.05, 0.1) is 21.8 Å². The number of aryl methyl sites for hydroxylation is 1. The van der Waals surface area contributed by atoms with Crippen molar-refractivity contribution < 1.29 is 14.3 Å². The van der Waals surface area contributed by atoms with Gasteiger partial charge in [0.1, 0.15) is 5.75 Å². The van der Waals surface area contributed by atoms with Crippen LogP contribution in [0.25, 0.3) is 0 Å². The van der Waals surface area contributed by atoms with Crippen molar-refractivity contribution in [2.45, 2.75) is 19.9 Å². The number of rotatable bonds is 7. The lowest BCUT2D eigenvalue weighted by Gasteiger charge is -2.16. The second kappa shape index (κ2) is 10.1. The van der Waals surface area contributed by atoms with Gasteiger partial charge in [0.15, 0.2) is 6.61 Å². The van der Waals surface area contributed by atoms with Crippen LogP contribution in [-0.2, 0) is 4.79 Å². The lowest BCUT2D eigenvalue weighted by molar-refractivity contribution is -0.118. The van der Waals surface area contributed by atoms with Crippen LogP contribution in [0.2, 0.25) is 0 Å². The van der Waals surface area contributed by atoms with E-state index in [1.165, 1.54) is 0 Å². The van der Waals surface area contributed by atoms with Gasteiger partial charge in [-0.2, -0.15) is 0 Å². The van der Waals surface area contributed by atoms with Gasteiger partial charge in [-0.15, -0.1) is 0 Å². The lowest BCUT2D eigenvalue weighted by Crippen LogP contribution is -2.28. The fourth-order valence-corrected chi connectivity index (χ4v) is 3.55. The molecule has 5 nitrogen and oxygen atoms in total. The quantitative estimate of drug-likeness (QED) is 0.498. The predicted octanol–water partition coefficient (Wildman–Crippen LogP) is 5.27. The molecule has 0 radical (unpaired) electrons. The highest BCUT2D eigenvalue weighted by Gasteiger charge is 2.16. The molecule has 3 rings (SSSR count). The summed E-state index contributed by atoms with van der Waals surface area (Å²) in [6, 6.07) is 22.1. The van der Waals surface area contributed by atoms with E-state index in [4.69, 9.17) is 4.74 Å². The molecule has 0 bridgehead atoms. The molecule has 0 aliphatic carbocycles. The zero-order valence-electron chi connectivity index (χ0n) is 16.8. The molecule has 0 fully saturated rings. The van der Waals surface area contributed by atoms with E-state index in [2.05, 4.69) is 26.6 Å². The molecule has 0 aliphatic heterocycles. The van der Waals surface area contributed by atoms with E-state index in [0.717, 1.165) is 15.6 Å². The van der Waals surface area contributed by atoms with Crippen LogP contribution in [0.3, 0.4) is 0 Å². The fraction of sp³-hybridized carbons (Fsp3) is 0.167. The average molecular weight is 467 g/mol. The van der Waals surface area contributed by atoms with Gasteiger partial charge < -0.3 is 15.4 Å². The van der Waals surface area contributed by atoms with E-state index in [1.807, 2.05) is 56.3 Å². The number of amides is 2. The van der Waals surface area contributed by atoms with Gasteiger partial charge in [0, 0.05) is 0 Å². The summed E-state index contributed by atoms with van der Waals surface area (Å²) in [7, 11) is 0. The first-order chi connectivity index (χ1) is 14.4. The average Bonchev–Trinajstić information content (AvgIpc) is 2.74. The molecule has 3 aromatic carbocycles. The standard InChI is InChI=1S/C24H23BrN2O3/c1-16-12-13-22(20(25)14-16)30-15-23(28)27-21-11-7-6-10-19(21)24(29)26-17(2)18-8-4-3-5-9-18/h3-14,17H,15H2,1-2H3,(H,26,29)(H,27,28). The van der Waals surface area contributed by atoms with Crippen molar-refractivity contribution >= 4 is 33.4 Å². The lowest BCUT2D eigenvalue weighted by atomic mass is 10.1. The number of halogens is 1. The molecular weight excluding hydrogens is 444 g/mol. The van der Waals surface area contributed by atoms with Crippen LogP contribution < -0.4 is 15.4 Å². The van der Waals surface area contributed by atoms with Gasteiger partial charge in [-0.1, -0.05) is 48.5 Å². The molecule has 2 amide bonds. The van der Waals surface area contributed by atoms with Gasteiger partial charge >= 0.3 is 0 Å². The largest absolute Gasteiger partial charge is 0.483 e. The summed E-state index contributed by atoms with van der Waals surface area (Å²) in [5, 5.41) is 5.73. The second-order valence-electron chi connectivity index (χ2n) is 6.92. The molecule has 1 atom stereocenters. The summed E-state index contributed by atoms with van der Waals surface area (Å²) >= 11 is 3.43. The molecular formula is C24H23BrN2O3. The molecule has 1 unspecified atom stereocenters. The molecule has 0 heterocycles. The van der Waals surface area contributed by atoms with E-state index in [0.29, 0.717) is 17.0 Å². The number of hydrogen-bond donors (Lipinski definition) is 2. The summed E-state index contributed by atoms with van der Waals surface area (Å²) < 4.78 is 6.37. The first-order valence-corrected chi connectivity index (χ1v) is 10.4. The molecule has 0 saturated carbocycles. The molecule has 0 saturated heterocycles. The van der Waals surface area contributed by atoms with Gasteiger partial charge in [-0.3, -0.25) is 9.59 Å². The first-order valence-electron chi connectivity index (χ1n) is 9.57. The van der Waals surface area contributed by atoms with Crippen LogP contribution in [0, 0.1) is 6.92 Å². The van der Waals surface area contributed by atoms with Crippen molar-refractivity contribution in [1.29, 1.82) is 0 Å². The van der Waals surface area contributed by atoms with E-state index < -0.39 is 0 Å². The number of anilines is 1. The monoisotopic (exact) mass is 466 g/mol. The van der Waals surface area contributed by atoms with Crippen molar-refractivity contribution in [1.82, 2.24) is 5.32 Å². The Labute approximate surface area is 184 Å². The Morgan fingerprint density at radius 3 is 2.43 bits per heavy atom. The van der Waals surface area contributed by atoms with Crippen LogP contribution in [0.5, 0.6) is 5.75 Å². The minimum atomic E-state index is -0.348. The Kier molecular flexibility index (Phi) is 7.25. The van der Waals surface area contributed by atoms with Crippen molar-refractivity contribution in [3.8, 4) is 5.75 Å². The number of carbonyl (C=O) groups is 2. The topological polar surface area (TPSA) is 67.4 Å². The van der Waals surface area contributed by atoms with Crippen LogP contribution in [0.1, 0.15) is 34.5 Å². The third-order valence-corrected chi connectivity index (χ3v) is 5.16. The zero-order chi connectivity index (χ0) is 21.5. The highest BCUT2D eigenvalue weighted by atomic mass is 79.9. The van der Waals surface area contributed by atoms with Crippen LogP contribution in [0.15, 0.2) is 77.3 Å². The van der Waals surface area contributed by atoms with E-state index in [-0.39, 0.29) is 24.5 Å². The normalized spacial score (nSPS) is 11.4. The van der Waals surface area contributed by atoms with Crippen LogP contribution in [0.4, 0.5) is 5.69 Å². The summed E-state index contributed by atoms with van der Waals surface area (Å²) in [4.78, 5) is 25.2. The molecule has 3 aromatic rings. The number of nitrogens with one attached hydrogen (secondary N) is 2. The van der Waals surface area contributed by atoms with Crippen molar-refractivity contribution in [2.75, 3.05) is 11.9 Å². The maximum absolute atomic E-state index is 12.8. The molecule has 0 aromatic heterocycles. The van der Waals surface area contributed by atoms with E-state index >= 15 is 0 Å². The van der Waals surface area contributed by atoms with Gasteiger partial charge in [-0.05, 0) is 65.2 Å². The number of para-hydroxylation sites is 1. The zero-order valence-corrected chi connectivity index (χ0v) is 18.4. The molecule has 30 heavy (non-hydrogen) atoms. The Bertz CT molecular complexity index is 1040. The fourth-order valence-electron chi connectivity index (χ4n) is 2.94. The van der Waals surface area contributed by atoms with Gasteiger partial charge in [0.2, 0.25) is 0 Å². The predicted molar refractivity (Wildman–Crippen MR) is 122 cm³/mol. The Morgan fingerprint density at radius 1 is 1.00 bits per heavy atom. The minimum Gasteiger partial charge on any atom is -0.483 e. The summed E-state index contributed by atoms with van der Waals surface area (Å²) in [6.45, 7) is 3.72. The van der Waals surface area contributed by atoms with Gasteiger partial charge in [-0.25, -0.2) is 0 Å². The number of benzene rings is 3. The van der Waals surface area contributed by atoms with E-state index in [1.54, 1.807) is 30.3 Å². The third kappa shape index (κ3) is 5.70. The van der Waals surface area contributed by atoms with Crippen molar-refractivity contribution in [3.63, 3.8) is 0 Å². The Morgan fingerprint density at radius 2 is 1.70 bits per heavy atom. The summed E-state index contributed by atoms with van der Waals surface area (Å²) in [5.41, 5.74) is 2.92. The van der Waals surface area contributed by atoms with Crippen molar-refractivity contribution in [3.05, 3.63) is 94.0 Å². The number of carbonyl (C=O) groups excluding carboxylic acids is 2. The maximum atomic E-state index is 12.8. The number of hydrogen-bond acceptors (Lipinski definition) is 3. The van der Waals surface area contributed by atoms with Crippen LogP contribution in [-0.4, -0.2) is 18.4 Å². The Balaban J connectivity index is 1.64. The molecule has 6 heteroatoms. The maximum Gasteiger partial charge on any atom is 0.262 e. The highest BCUT2D eigenvalue weighted by Crippen LogP contribution is 2.25. The smallest absolute Gasteiger partial charge is 0.262 e.